The molecule has 1 aliphatic heterocycles. The van der Waals surface area contributed by atoms with E-state index >= 15 is 0 Å². The number of amides is 1. The minimum Gasteiger partial charge on any atom is -0.369 e. The zero-order valence-corrected chi connectivity index (χ0v) is 11.3. The molecule has 1 aromatic carbocycles. The van der Waals surface area contributed by atoms with Gasteiger partial charge in [0, 0.05) is 36.9 Å². The Morgan fingerprint density at radius 1 is 1.33 bits per heavy atom. The topological polar surface area (TPSA) is 49.6 Å². The molecule has 1 aromatic rings. The molecule has 2 rings (SSSR count). The van der Waals surface area contributed by atoms with Gasteiger partial charge in [0.05, 0.1) is 6.54 Å². The molecule has 5 heteroatoms. The van der Waals surface area contributed by atoms with Crippen molar-refractivity contribution < 1.29 is 4.79 Å². The largest absolute Gasteiger partial charge is 0.369 e. The van der Waals surface area contributed by atoms with Crippen molar-refractivity contribution >= 4 is 23.2 Å². The SMILES string of the molecule is Cc1cc(Cl)ccc1N1CCN(CC(N)=O)CC1. The second kappa shape index (κ2) is 5.59. The van der Waals surface area contributed by atoms with Crippen LogP contribution in [0.15, 0.2) is 18.2 Å². The van der Waals surface area contributed by atoms with Gasteiger partial charge < -0.3 is 10.6 Å². The number of nitrogens with zero attached hydrogens (tertiary/aromatic N) is 2. The lowest BCUT2D eigenvalue weighted by Gasteiger charge is -2.36. The maximum atomic E-state index is 10.9. The molecule has 0 atom stereocenters. The third-order valence-electron chi connectivity index (χ3n) is 3.25. The summed E-state index contributed by atoms with van der Waals surface area (Å²) in [4.78, 5) is 15.3. The number of primary amides is 1. The average molecular weight is 268 g/mol. The van der Waals surface area contributed by atoms with E-state index in [4.69, 9.17) is 17.3 Å². The van der Waals surface area contributed by atoms with Gasteiger partial charge in [0.2, 0.25) is 5.91 Å². The van der Waals surface area contributed by atoms with E-state index in [-0.39, 0.29) is 5.91 Å². The zero-order valence-electron chi connectivity index (χ0n) is 10.5. The molecule has 0 aromatic heterocycles. The van der Waals surface area contributed by atoms with Crippen LogP contribution in [0.1, 0.15) is 5.56 Å². The first-order chi connectivity index (χ1) is 8.56. The molecule has 0 unspecified atom stereocenters. The van der Waals surface area contributed by atoms with Crippen LogP contribution in [0.2, 0.25) is 5.02 Å². The average Bonchev–Trinajstić information content (AvgIpc) is 2.30. The highest BCUT2D eigenvalue weighted by molar-refractivity contribution is 6.30. The number of anilines is 1. The number of carbonyl (C=O) groups excluding carboxylic acids is 1. The first-order valence-electron chi connectivity index (χ1n) is 6.08. The molecular formula is C13H18ClN3O. The summed E-state index contributed by atoms with van der Waals surface area (Å²) in [6.07, 6.45) is 0. The van der Waals surface area contributed by atoms with Crippen molar-refractivity contribution in [3.63, 3.8) is 0 Å². The number of carbonyl (C=O) groups is 1. The van der Waals surface area contributed by atoms with E-state index in [0.717, 1.165) is 31.2 Å². The van der Waals surface area contributed by atoms with Gasteiger partial charge in [-0.15, -0.1) is 0 Å². The number of piperazine rings is 1. The van der Waals surface area contributed by atoms with Gasteiger partial charge in [-0.25, -0.2) is 0 Å². The smallest absolute Gasteiger partial charge is 0.231 e. The number of nitrogens with two attached hydrogens (primary N) is 1. The molecule has 0 saturated carbocycles. The Balaban J connectivity index is 1.99. The van der Waals surface area contributed by atoms with E-state index in [1.54, 1.807) is 0 Å². The Morgan fingerprint density at radius 2 is 2.00 bits per heavy atom. The van der Waals surface area contributed by atoms with Crippen molar-refractivity contribution in [2.24, 2.45) is 5.73 Å². The normalized spacial score (nSPS) is 16.9. The number of hydrogen-bond acceptors (Lipinski definition) is 3. The standard InChI is InChI=1S/C13H18ClN3O/c1-10-8-11(14)2-3-12(10)17-6-4-16(5-7-17)9-13(15)18/h2-3,8H,4-7,9H2,1H3,(H2,15,18). The monoisotopic (exact) mass is 267 g/mol. The summed E-state index contributed by atoms with van der Waals surface area (Å²) in [5, 5.41) is 0.767. The van der Waals surface area contributed by atoms with Crippen LogP contribution in [0.5, 0.6) is 0 Å². The van der Waals surface area contributed by atoms with Crippen molar-refractivity contribution in [3.05, 3.63) is 28.8 Å². The third-order valence-corrected chi connectivity index (χ3v) is 3.49. The summed E-state index contributed by atoms with van der Waals surface area (Å²) in [5.74, 6) is -0.258. The molecule has 0 aliphatic carbocycles. The van der Waals surface area contributed by atoms with Gasteiger partial charge in [-0.3, -0.25) is 9.69 Å². The molecule has 1 heterocycles. The van der Waals surface area contributed by atoms with E-state index in [1.807, 2.05) is 12.1 Å². The Hall–Kier alpha value is -1.26. The molecule has 0 spiro atoms. The second-order valence-electron chi connectivity index (χ2n) is 4.66. The maximum Gasteiger partial charge on any atom is 0.231 e. The van der Waals surface area contributed by atoms with E-state index in [9.17, 15) is 4.79 Å². The third kappa shape index (κ3) is 3.15. The fourth-order valence-corrected chi connectivity index (χ4v) is 2.57. The Bertz CT molecular complexity index is 442. The van der Waals surface area contributed by atoms with Crippen molar-refractivity contribution in [2.45, 2.75) is 6.92 Å². The number of aryl methyl sites for hydroxylation is 1. The van der Waals surface area contributed by atoms with Crippen LogP contribution in [-0.2, 0) is 4.79 Å². The maximum absolute atomic E-state index is 10.9. The van der Waals surface area contributed by atoms with Gasteiger partial charge in [-0.1, -0.05) is 11.6 Å². The Morgan fingerprint density at radius 3 is 2.56 bits per heavy atom. The van der Waals surface area contributed by atoms with Gasteiger partial charge in [0.25, 0.3) is 0 Å². The van der Waals surface area contributed by atoms with Crippen LogP contribution in [0.25, 0.3) is 0 Å². The molecule has 2 N–H and O–H groups in total. The summed E-state index contributed by atoms with van der Waals surface area (Å²) in [7, 11) is 0. The molecule has 1 saturated heterocycles. The van der Waals surface area contributed by atoms with Crippen molar-refractivity contribution in [1.29, 1.82) is 0 Å². The lowest BCUT2D eigenvalue weighted by molar-refractivity contribution is -0.119. The minimum atomic E-state index is -0.258. The van der Waals surface area contributed by atoms with Gasteiger partial charge in [-0.2, -0.15) is 0 Å². The van der Waals surface area contributed by atoms with E-state index < -0.39 is 0 Å². The molecule has 4 nitrogen and oxygen atoms in total. The van der Waals surface area contributed by atoms with Crippen LogP contribution in [0.4, 0.5) is 5.69 Å². The molecule has 1 aliphatic rings. The molecule has 0 bridgehead atoms. The number of rotatable bonds is 3. The summed E-state index contributed by atoms with van der Waals surface area (Å²) in [5.41, 5.74) is 7.61. The van der Waals surface area contributed by atoms with Crippen LogP contribution < -0.4 is 10.6 Å². The lowest BCUT2D eigenvalue weighted by Crippen LogP contribution is -2.49. The summed E-state index contributed by atoms with van der Waals surface area (Å²) >= 11 is 5.96. The van der Waals surface area contributed by atoms with Crippen LogP contribution in [-0.4, -0.2) is 43.5 Å². The minimum absolute atomic E-state index is 0.258. The van der Waals surface area contributed by atoms with Gasteiger partial charge >= 0.3 is 0 Å². The number of halogens is 1. The highest BCUT2D eigenvalue weighted by atomic mass is 35.5. The van der Waals surface area contributed by atoms with Crippen molar-refractivity contribution in [2.75, 3.05) is 37.6 Å². The summed E-state index contributed by atoms with van der Waals surface area (Å²) in [6.45, 7) is 5.98. The highest BCUT2D eigenvalue weighted by Crippen LogP contribution is 2.24. The predicted octanol–water partition coefficient (Wildman–Crippen LogP) is 1.26. The van der Waals surface area contributed by atoms with Crippen LogP contribution >= 0.6 is 11.6 Å². The number of hydrogen-bond donors (Lipinski definition) is 1. The van der Waals surface area contributed by atoms with E-state index in [2.05, 4.69) is 22.8 Å². The second-order valence-corrected chi connectivity index (χ2v) is 5.10. The van der Waals surface area contributed by atoms with Crippen LogP contribution in [0, 0.1) is 6.92 Å². The fourth-order valence-electron chi connectivity index (χ4n) is 2.34. The van der Waals surface area contributed by atoms with Crippen LogP contribution in [0.3, 0.4) is 0 Å². The van der Waals surface area contributed by atoms with Crippen molar-refractivity contribution in [3.8, 4) is 0 Å². The zero-order chi connectivity index (χ0) is 13.1. The summed E-state index contributed by atoms with van der Waals surface area (Å²) in [6, 6.07) is 5.95. The lowest BCUT2D eigenvalue weighted by atomic mass is 10.1. The fraction of sp³-hybridized carbons (Fsp3) is 0.462. The van der Waals surface area contributed by atoms with Crippen molar-refractivity contribution in [1.82, 2.24) is 4.90 Å². The molecule has 18 heavy (non-hydrogen) atoms. The Labute approximate surface area is 112 Å². The Kier molecular flexibility index (Phi) is 4.09. The first-order valence-corrected chi connectivity index (χ1v) is 6.46. The molecule has 0 radical (unpaired) electrons. The molecular weight excluding hydrogens is 250 g/mol. The predicted molar refractivity (Wildman–Crippen MR) is 74.0 cm³/mol. The first kappa shape index (κ1) is 13.2. The molecule has 1 fully saturated rings. The summed E-state index contributed by atoms with van der Waals surface area (Å²) < 4.78 is 0. The van der Waals surface area contributed by atoms with E-state index in [1.165, 1.54) is 11.3 Å². The van der Waals surface area contributed by atoms with Gasteiger partial charge in [-0.05, 0) is 30.7 Å². The highest BCUT2D eigenvalue weighted by Gasteiger charge is 2.19. The van der Waals surface area contributed by atoms with E-state index in [0.29, 0.717) is 6.54 Å². The molecule has 1 amide bonds. The number of benzene rings is 1. The van der Waals surface area contributed by atoms with Gasteiger partial charge in [0.15, 0.2) is 0 Å². The molecule has 98 valence electrons. The van der Waals surface area contributed by atoms with Gasteiger partial charge in [0.1, 0.15) is 0 Å². The quantitative estimate of drug-likeness (QED) is 0.897.